The first-order valence-electron chi connectivity index (χ1n) is 4.84. The number of halogens is 1. The highest BCUT2D eigenvalue weighted by molar-refractivity contribution is 9.10. The van der Waals surface area contributed by atoms with Crippen LogP contribution in [0.1, 0.15) is 5.69 Å². The average Bonchev–Trinajstić information content (AvgIpc) is 2.70. The summed E-state index contributed by atoms with van der Waals surface area (Å²) in [7, 11) is 1.64. The highest BCUT2D eigenvalue weighted by Gasteiger charge is 2.14. The monoisotopic (exact) mass is 281 g/mol. The number of methoxy groups -OCH3 is 1. The SMILES string of the molecule is COc1ccccc1-c1n[nH]c(CN)c1Br. The van der Waals surface area contributed by atoms with E-state index in [0.717, 1.165) is 27.2 Å². The van der Waals surface area contributed by atoms with Crippen LogP contribution >= 0.6 is 15.9 Å². The molecule has 3 N–H and O–H groups in total. The molecule has 0 radical (unpaired) electrons. The van der Waals surface area contributed by atoms with Gasteiger partial charge in [0.1, 0.15) is 11.4 Å². The van der Waals surface area contributed by atoms with Gasteiger partial charge in [-0.05, 0) is 28.1 Å². The van der Waals surface area contributed by atoms with Crippen LogP contribution in [0.15, 0.2) is 28.7 Å². The van der Waals surface area contributed by atoms with Gasteiger partial charge in [-0.1, -0.05) is 12.1 Å². The van der Waals surface area contributed by atoms with Crippen molar-refractivity contribution in [1.82, 2.24) is 10.2 Å². The Balaban J connectivity index is 2.54. The molecular weight excluding hydrogens is 270 g/mol. The van der Waals surface area contributed by atoms with Gasteiger partial charge >= 0.3 is 0 Å². The molecule has 1 aromatic heterocycles. The molecule has 0 amide bonds. The fourth-order valence-corrected chi connectivity index (χ4v) is 2.07. The molecule has 0 saturated heterocycles. The summed E-state index contributed by atoms with van der Waals surface area (Å²) in [5, 5.41) is 7.13. The number of rotatable bonds is 3. The minimum Gasteiger partial charge on any atom is -0.496 e. The van der Waals surface area contributed by atoms with Crippen LogP contribution in [0.4, 0.5) is 0 Å². The molecule has 2 rings (SSSR count). The van der Waals surface area contributed by atoms with Gasteiger partial charge in [0, 0.05) is 12.1 Å². The molecule has 1 aromatic carbocycles. The molecule has 16 heavy (non-hydrogen) atoms. The van der Waals surface area contributed by atoms with Gasteiger partial charge in [0.05, 0.1) is 17.3 Å². The third-order valence-corrected chi connectivity index (χ3v) is 3.20. The molecule has 0 spiro atoms. The summed E-state index contributed by atoms with van der Waals surface area (Å²) in [6.45, 7) is 0.419. The second-order valence-corrected chi connectivity index (χ2v) is 4.06. The van der Waals surface area contributed by atoms with Crippen LogP contribution in [0.3, 0.4) is 0 Å². The van der Waals surface area contributed by atoms with Crippen molar-refractivity contribution in [2.45, 2.75) is 6.54 Å². The molecule has 0 atom stereocenters. The van der Waals surface area contributed by atoms with Crippen LogP contribution < -0.4 is 10.5 Å². The Kier molecular flexibility index (Phi) is 3.26. The largest absolute Gasteiger partial charge is 0.496 e. The zero-order valence-electron chi connectivity index (χ0n) is 8.83. The Hall–Kier alpha value is -1.33. The van der Waals surface area contributed by atoms with Crippen molar-refractivity contribution in [3.05, 3.63) is 34.4 Å². The molecule has 2 aromatic rings. The highest BCUT2D eigenvalue weighted by Crippen LogP contribution is 2.34. The second-order valence-electron chi connectivity index (χ2n) is 3.27. The first-order valence-corrected chi connectivity index (χ1v) is 5.63. The van der Waals surface area contributed by atoms with Crippen molar-refractivity contribution in [2.75, 3.05) is 7.11 Å². The number of nitrogens with one attached hydrogen (secondary N) is 1. The van der Waals surface area contributed by atoms with Gasteiger partial charge in [0.2, 0.25) is 0 Å². The van der Waals surface area contributed by atoms with Crippen molar-refractivity contribution in [1.29, 1.82) is 0 Å². The molecule has 0 unspecified atom stereocenters. The molecule has 1 heterocycles. The number of H-pyrrole nitrogens is 1. The zero-order valence-corrected chi connectivity index (χ0v) is 10.4. The number of aromatic amines is 1. The number of benzene rings is 1. The van der Waals surface area contributed by atoms with Crippen molar-refractivity contribution >= 4 is 15.9 Å². The van der Waals surface area contributed by atoms with Gasteiger partial charge in [-0.2, -0.15) is 5.10 Å². The van der Waals surface area contributed by atoms with E-state index in [2.05, 4.69) is 26.1 Å². The Morgan fingerprint density at radius 1 is 1.44 bits per heavy atom. The predicted molar refractivity (Wildman–Crippen MR) is 66.2 cm³/mol. The summed E-state index contributed by atoms with van der Waals surface area (Å²) in [6.07, 6.45) is 0. The van der Waals surface area contributed by atoms with Crippen molar-refractivity contribution < 1.29 is 4.74 Å². The predicted octanol–water partition coefficient (Wildman–Crippen LogP) is 2.31. The standard InChI is InChI=1S/C11H12BrN3O/c1-16-9-5-3-2-4-7(9)11-10(12)8(6-13)14-15-11/h2-5H,6,13H2,1H3,(H,14,15). The number of hydrogen-bond donors (Lipinski definition) is 2. The van der Waals surface area contributed by atoms with E-state index in [0.29, 0.717) is 6.54 Å². The molecule has 0 bridgehead atoms. The van der Waals surface area contributed by atoms with Gasteiger partial charge in [0.15, 0.2) is 0 Å². The Morgan fingerprint density at radius 2 is 2.19 bits per heavy atom. The number of nitrogens with zero attached hydrogens (tertiary/aromatic N) is 1. The Labute approximate surface area is 102 Å². The summed E-state index contributed by atoms with van der Waals surface area (Å²) in [4.78, 5) is 0. The highest BCUT2D eigenvalue weighted by atomic mass is 79.9. The third kappa shape index (κ3) is 1.83. The number of aromatic nitrogens is 2. The number of para-hydroxylation sites is 1. The Morgan fingerprint density at radius 3 is 2.81 bits per heavy atom. The molecule has 5 heteroatoms. The minimum absolute atomic E-state index is 0.419. The van der Waals surface area contributed by atoms with E-state index in [1.54, 1.807) is 7.11 Å². The molecule has 0 fully saturated rings. The van der Waals surface area contributed by atoms with Crippen LogP contribution in [-0.2, 0) is 6.54 Å². The Bertz CT molecular complexity index is 496. The lowest BCUT2D eigenvalue weighted by Gasteiger charge is -2.05. The molecule has 0 aliphatic rings. The lowest BCUT2D eigenvalue weighted by molar-refractivity contribution is 0.416. The van der Waals surface area contributed by atoms with Crippen LogP contribution in [0.5, 0.6) is 5.75 Å². The number of ether oxygens (including phenoxy) is 1. The van der Waals surface area contributed by atoms with Crippen molar-refractivity contribution in [3.63, 3.8) is 0 Å². The van der Waals surface area contributed by atoms with E-state index < -0.39 is 0 Å². The van der Waals surface area contributed by atoms with E-state index in [1.165, 1.54) is 0 Å². The van der Waals surface area contributed by atoms with E-state index in [4.69, 9.17) is 10.5 Å². The average molecular weight is 282 g/mol. The van der Waals surface area contributed by atoms with Crippen LogP contribution in [0.25, 0.3) is 11.3 Å². The molecule has 4 nitrogen and oxygen atoms in total. The molecule has 0 aliphatic heterocycles. The van der Waals surface area contributed by atoms with Gasteiger partial charge < -0.3 is 10.5 Å². The van der Waals surface area contributed by atoms with Crippen molar-refractivity contribution in [3.8, 4) is 17.0 Å². The van der Waals surface area contributed by atoms with Crippen LogP contribution in [0.2, 0.25) is 0 Å². The number of nitrogens with two attached hydrogens (primary N) is 1. The maximum Gasteiger partial charge on any atom is 0.128 e. The molecule has 0 aliphatic carbocycles. The maximum absolute atomic E-state index is 5.58. The zero-order chi connectivity index (χ0) is 11.5. The topological polar surface area (TPSA) is 63.9 Å². The van der Waals surface area contributed by atoms with Gasteiger partial charge in [0.25, 0.3) is 0 Å². The maximum atomic E-state index is 5.58. The first-order chi connectivity index (χ1) is 7.77. The van der Waals surface area contributed by atoms with E-state index in [-0.39, 0.29) is 0 Å². The van der Waals surface area contributed by atoms with Gasteiger partial charge in [-0.15, -0.1) is 0 Å². The lowest BCUT2D eigenvalue weighted by Crippen LogP contribution is -1.96. The quantitative estimate of drug-likeness (QED) is 0.908. The molecule has 84 valence electrons. The second kappa shape index (κ2) is 4.67. The third-order valence-electron chi connectivity index (χ3n) is 2.34. The van der Waals surface area contributed by atoms with E-state index in [9.17, 15) is 0 Å². The summed E-state index contributed by atoms with van der Waals surface area (Å²) >= 11 is 3.48. The van der Waals surface area contributed by atoms with Gasteiger partial charge in [-0.25, -0.2) is 0 Å². The lowest BCUT2D eigenvalue weighted by atomic mass is 10.1. The summed E-state index contributed by atoms with van der Waals surface area (Å²) in [5.41, 5.74) is 8.21. The van der Waals surface area contributed by atoms with Crippen molar-refractivity contribution in [2.24, 2.45) is 5.73 Å². The van der Waals surface area contributed by atoms with Crippen LogP contribution in [0, 0.1) is 0 Å². The summed E-state index contributed by atoms with van der Waals surface area (Å²) < 4.78 is 6.18. The molecular formula is C11H12BrN3O. The minimum atomic E-state index is 0.419. The fourth-order valence-electron chi connectivity index (χ4n) is 1.52. The summed E-state index contributed by atoms with van der Waals surface area (Å²) in [6, 6.07) is 7.73. The van der Waals surface area contributed by atoms with Crippen LogP contribution in [-0.4, -0.2) is 17.3 Å². The van der Waals surface area contributed by atoms with Gasteiger partial charge in [-0.3, -0.25) is 5.10 Å². The molecule has 0 saturated carbocycles. The fraction of sp³-hybridized carbons (Fsp3) is 0.182. The first kappa shape index (κ1) is 11.2. The normalized spacial score (nSPS) is 10.4. The number of hydrogen-bond acceptors (Lipinski definition) is 3. The smallest absolute Gasteiger partial charge is 0.128 e. The van der Waals surface area contributed by atoms with E-state index >= 15 is 0 Å². The van der Waals surface area contributed by atoms with E-state index in [1.807, 2.05) is 24.3 Å². The summed E-state index contributed by atoms with van der Waals surface area (Å²) in [5.74, 6) is 0.790.